The molecule has 0 aliphatic heterocycles. The van der Waals surface area contributed by atoms with Gasteiger partial charge in [0.15, 0.2) is 0 Å². The molecule has 1 aromatic carbocycles. The minimum Gasteiger partial charge on any atom is -0.495 e. The fourth-order valence-electron chi connectivity index (χ4n) is 1.58. The first-order valence-electron chi connectivity index (χ1n) is 6.37. The molecule has 0 heterocycles. The van der Waals surface area contributed by atoms with Crippen LogP contribution in [0.2, 0.25) is 0 Å². The van der Waals surface area contributed by atoms with E-state index in [9.17, 15) is 9.59 Å². The number of carbonyl (C=O) groups is 2. The molecule has 0 aliphatic carbocycles. The van der Waals surface area contributed by atoms with Gasteiger partial charge in [-0.05, 0) is 25.1 Å². The number of amides is 2. The lowest BCUT2D eigenvalue weighted by Gasteiger charge is -2.17. The number of anilines is 1. The maximum atomic E-state index is 12.0. The summed E-state index contributed by atoms with van der Waals surface area (Å²) in [4.78, 5) is 23.6. The second-order valence-corrected chi connectivity index (χ2v) is 4.63. The highest BCUT2D eigenvalue weighted by Gasteiger charge is 2.19. The second-order valence-electron chi connectivity index (χ2n) is 4.63. The summed E-state index contributed by atoms with van der Waals surface area (Å²) >= 11 is 0. The number of halogens is 1. The Kier molecular flexibility index (Phi) is 7.76. The smallest absolute Gasteiger partial charge is 0.251 e. The highest BCUT2D eigenvalue weighted by Crippen LogP contribution is 2.26. The molecule has 4 N–H and O–H groups in total. The third-order valence-corrected chi connectivity index (χ3v) is 3.15. The summed E-state index contributed by atoms with van der Waals surface area (Å²) in [6, 6.07) is 4.57. The topological polar surface area (TPSA) is 93.5 Å². The van der Waals surface area contributed by atoms with Gasteiger partial charge in [0.2, 0.25) is 5.91 Å². The highest BCUT2D eigenvalue weighted by molar-refractivity contribution is 5.98. The number of rotatable bonds is 5. The van der Waals surface area contributed by atoms with Crippen molar-refractivity contribution < 1.29 is 14.3 Å². The Morgan fingerprint density at radius 1 is 1.29 bits per heavy atom. The van der Waals surface area contributed by atoms with Gasteiger partial charge >= 0.3 is 0 Å². The molecule has 0 saturated carbocycles. The van der Waals surface area contributed by atoms with Crippen LogP contribution < -0.4 is 21.1 Å². The third-order valence-electron chi connectivity index (χ3n) is 3.15. The fourth-order valence-corrected chi connectivity index (χ4v) is 1.58. The zero-order valence-corrected chi connectivity index (χ0v) is 13.4. The largest absolute Gasteiger partial charge is 0.495 e. The van der Waals surface area contributed by atoms with Crippen molar-refractivity contribution in [3.63, 3.8) is 0 Å². The van der Waals surface area contributed by atoms with Crippen molar-refractivity contribution in [3.05, 3.63) is 23.8 Å². The predicted molar refractivity (Wildman–Crippen MR) is 85.1 cm³/mol. The van der Waals surface area contributed by atoms with Crippen molar-refractivity contribution in [3.8, 4) is 5.75 Å². The summed E-state index contributed by atoms with van der Waals surface area (Å²) in [6.45, 7) is 3.51. The van der Waals surface area contributed by atoms with Crippen LogP contribution in [0.4, 0.5) is 5.69 Å². The average molecular weight is 316 g/mol. The van der Waals surface area contributed by atoms with E-state index in [4.69, 9.17) is 10.5 Å². The molecular formula is C14H22ClN3O3. The molecule has 0 aliphatic rings. The minimum absolute atomic E-state index is 0. The Morgan fingerprint density at radius 2 is 1.90 bits per heavy atom. The SMILES string of the molecule is CNC(=O)c1ccc(OC)c(NC(=O)C(C)C(C)N)c1.Cl. The normalized spacial score (nSPS) is 12.6. The molecule has 7 heteroatoms. The standard InChI is InChI=1S/C14H21N3O3.ClH/c1-8(9(2)15)13(18)17-11-7-10(14(19)16-3)5-6-12(11)20-4;/h5-9H,15H2,1-4H3,(H,16,19)(H,17,18);1H. The molecule has 0 bridgehead atoms. The van der Waals surface area contributed by atoms with Crippen LogP contribution in [0.5, 0.6) is 5.75 Å². The first-order valence-corrected chi connectivity index (χ1v) is 6.37. The molecule has 2 unspecified atom stereocenters. The summed E-state index contributed by atoms with van der Waals surface area (Å²) in [6.07, 6.45) is 0. The lowest BCUT2D eigenvalue weighted by atomic mass is 10.0. The lowest BCUT2D eigenvalue weighted by Crippen LogP contribution is -2.34. The van der Waals surface area contributed by atoms with E-state index in [1.54, 1.807) is 39.1 Å². The molecule has 0 aromatic heterocycles. The van der Waals surface area contributed by atoms with E-state index in [2.05, 4.69) is 10.6 Å². The zero-order valence-electron chi connectivity index (χ0n) is 12.6. The van der Waals surface area contributed by atoms with E-state index >= 15 is 0 Å². The molecule has 2 amide bonds. The van der Waals surface area contributed by atoms with E-state index in [1.807, 2.05) is 0 Å². The molecule has 118 valence electrons. The first kappa shape index (κ1) is 19.2. The maximum absolute atomic E-state index is 12.0. The van der Waals surface area contributed by atoms with Crippen molar-refractivity contribution in [2.45, 2.75) is 19.9 Å². The predicted octanol–water partition coefficient (Wildman–Crippen LogP) is 1.40. The van der Waals surface area contributed by atoms with Crippen molar-refractivity contribution in [2.24, 2.45) is 11.7 Å². The van der Waals surface area contributed by atoms with Gasteiger partial charge in [-0.1, -0.05) is 6.92 Å². The van der Waals surface area contributed by atoms with E-state index in [1.165, 1.54) is 7.11 Å². The third kappa shape index (κ3) is 4.91. The van der Waals surface area contributed by atoms with Crippen LogP contribution >= 0.6 is 12.4 Å². The Balaban J connectivity index is 0.00000400. The van der Waals surface area contributed by atoms with E-state index in [0.29, 0.717) is 17.0 Å². The summed E-state index contributed by atoms with van der Waals surface area (Å²) in [5, 5.41) is 5.27. The van der Waals surface area contributed by atoms with Gasteiger partial charge in [-0.25, -0.2) is 0 Å². The average Bonchev–Trinajstić information content (AvgIpc) is 2.45. The molecule has 1 aromatic rings. The van der Waals surface area contributed by atoms with Gasteiger partial charge in [0, 0.05) is 18.7 Å². The van der Waals surface area contributed by atoms with Crippen LogP contribution in [-0.2, 0) is 4.79 Å². The second kappa shape index (κ2) is 8.49. The number of hydrogen-bond donors (Lipinski definition) is 3. The molecular weight excluding hydrogens is 294 g/mol. The van der Waals surface area contributed by atoms with Crippen molar-refractivity contribution in [1.82, 2.24) is 5.32 Å². The number of carbonyl (C=O) groups excluding carboxylic acids is 2. The summed E-state index contributed by atoms with van der Waals surface area (Å²) < 4.78 is 5.18. The van der Waals surface area contributed by atoms with Crippen LogP contribution in [0.1, 0.15) is 24.2 Å². The van der Waals surface area contributed by atoms with E-state index in [-0.39, 0.29) is 36.2 Å². The van der Waals surface area contributed by atoms with Gasteiger partial charge in [0.25, 0.3) is 5.91 Å². The van der Waals surface area contributed by atoms with E-state index < -0.39 is 0 Å². The van der Waals surface area contributed by atoms with Gasteiger partial charge in [-0.15, -0.1) is 12.4 Å². The van der Waals surface area contributed by atoms with Gasteiger partial charge in [0.1, 0.15) is 5.75 Å². The minimum atomic E-state index is -0.344. The maximum Gasteiger partial charge on any atom is 0.251 e. The molecule has 0 spiro atoms. The molecule has 0 radical (unpaired) electrons. The zero-order chi connectivity index (χ0) is 15.3. The summed E-state index contributed by atoms with van der Waals surface area (Å²) in [7, 11) is 3.04. The van der Waals surface area contributed by atoms with Crippen LogP contribution in [0.25, 0.3) is 0 Å². The molecule has 0 saturated heterocycles. The van der Waals surface area contributed by atoms with Crippen LogP contribution in [0.3, 0.4) is 0 Å². The quantitative estimate of drug-likeness (QED) is 0.765. The molecule has 0 fully saturated rings. The van der Waals surface area contributed by atoms with Gasteiger partial charge in [0.05, 0.1) is 18.7 Å². The van der Waals surface area contributed by atoms with E-state index in [0.717, 1.165) is 0 Å². The molecule has 1 rings (SSSR count). The highest BCUT2D eigenvalue weighted by atomic mass is 35.5. The summed E-state index contributed by atoms with van der Waals surface area (Å²) in [5.41, 5.74) is 6.60. The molecule has 21 heavy (non-hydrogen) atoms. The van der Waals surface area contributed by atoms with Crippen LogP contribution in [-0.4, -0.2) is 32.0 Å². The first-order chi connectivity index (χ1) is 9.40. The van der Waals surface area contributed by atoms with Crippen LogP contribution in [0.15, 0.2) is 18.2 Å². The number of nitrogens with two attached hydrogens (primary N) is 1. The fraction of sp³-hybridized carbons (Fsp3) is 0.429. The van der Waals surface area contributed by atoms with Crippen molar-refractivity contribution in [2.75, 3.05) is 19.5 Å². The van der Waals surface area contributed by atoms with Crippen LogP contribution in [0, 0.1) is 5.92 Å². The Hall–Kier alpha value is -1.79. The number of methoxy groups -OCH3 is 1. The molecule has 2 atom stereocenters. The monoisotopic (exact) mass is 315 g/mol. The number of benzene rings is 1. The Labute approximate surface area is 130 Å². The Bertz CT molecular complexity index is 506. The number of hydrogen-bond acceptors (Lipinski definition) is 4. The molecule has 6 nitrogen and oxygen atoms in total. The lowest BCUT2D eigenvalue weighted by molar-refractivity contribution is -0.119. The van der Waals surface area contributed by atoms with Gasteiger partial charge < -0.3 is 21.1 Å². The number of ether oxygens (including phenoxy) is 1. The summed E-state index contributed by atoms with van der Waals surface area (Å²) in [5.74, 6) is -0.304. The van der Waals surface area contributed by atoms with Gasteiger partial charge in [-0.3, -0.25) is 9.59 Å². The van der Waals surface area contributed by atoms with Gasteiger partial charge in [-0.2, -0.15) is 0 Å². The Morgan fingerprint density at radius 3 is 2.38 bits per heavy atom. The van der Waals surface area contributed by atoms with Crippen molar-refractivity contribution >= 4 is 29.9 Å². The van der Waals surface area contributed by atoms with Crippen molar-refractivity contribution in [1.29, 1.82) is 0 Å². The number of nitrogens with one attached hydrogen (secondary N) is 2.